The molecule has 3 fully saturated rings. The van der Waals surface area contributed by atoms with Crippen molar-refractivity contribution in [1.29, 1.82) is 0 Å². The van der Waals surface area contributed by atoms with Gasteiger partial charge in [-0.25, -0.2) is 4.79 Å². The number of Topliss-reactive ketones (excluding diaryl/α,β-unsaturated/α-hetero) is 1. The second kappa shape index (κ2) is 22.4. The van der Waals surface area contributed by atoms with Crippen LogP contribution in [-0.2, 0) is 57.4 Å². The summed E-state index contributed by atoms with van der Waals surface area (Å²) in [6, 6.07) is -2.58. The second-order valence-corrected chi connectivity index (χ2v) is 20.2. The third-order valence-electron chi connectivity index (χ3n) is 14.3. The predicted molar refractivity (Wildman–Crippen MR) is 246 cm³/mol. The number of ketones is 2. The second-order valence-electron chi connectivity index (χ2n) is 18.5. The number of nitrogens with zero attached hydrogens (tertiary/aromatic N) is 1. The average molecular weight is 1010 g/mol. The van der Waals surface area contributed by atoms with Crippen LogP contribution in [0.2, 0.25) is 0 Å². The number of nitrogens with one attached hydrogen (secondary N) is 5. The SMILES string of the molecule is CCC(=O)O[C@]1(C(=O)COC(=O)NCCSCNC(=O)CNC(=O)[C@H](C)NC(=O)[C@H](CCC(=O)O)NC(=O)CCN2C(=O)C=CC2=O)[C@H](C)C[C@H]2[C@@H]3CCC4=CC(=O)C=C[C@]4(C)[C@@]3(Cl)[C@@H](O)C[C@@]21C. The van der Waals surface area contributed by atoms with E-state index < -0.39 is 124 Å². The molecule has 21 nitrogen and oxygen atoms in total. The van der Waals surface area contributed by atoms with Crippen LogP contribution in [0.1, 0.15) is 86.0 Å². The number of halogens is 1. The fourth-order valence-corrected chi connectivity index (χ4v) is 12.0. The first kappa shape index (κ1) is 54.3. The van der Waals surface area contributed by atoms with Crippen LogP contribution in [-0.4, -0.2) is 147 Å². The summed E-state index contributed by atoms with van der Waals surface area (Å²) in [4.78, 5) is 137. The maximum absolute atomic E-state index is 14.4. The van der Waals surface area contributed by atoms with Crippen LogP contribution in [0.25, 0.3) is 0 Å². The monoisotopic (exact) mass is 1000 g/mol. The van der Waals surface area contributed by atoms with E-state index in [0.717, 1.165) is 22.6 Å². The first-order chi connectivity index (χ1) is 32.4. The molecule has 3 saturated carbocycles. The number of allylic oxidation sites excluding steroid dienone is 4. The number of ether oxygens (including phenoxy) is 2. The van der Waals surface area contributed by atoms with Crippen molar-refractivity contribution in [3.8, 4) is 0 Å². The number of rotatable bonds is 22. The highest BCUT2D eigenvalue weighted by atomic mass is 35.5. The van der Waals surface area contributed by atoms with Gasteiger partial charge in [0.1, 0.15) is 12.1 Å². The Morgan fingerprint density at radius 3 is 2.30 bits per heavy atom. The molecule has 0 saturated heterocycles. The molecule has 1 heterocycles. The molecule has 0 aromatic heterocycles. The number of fused-ring (bicyclic) bond motifs is 5. The number of carbonyl (C=O) groups is 11. The number of esters is 1. The van der Waals surface area contributed by atoms with E-state index in [-0.39, 0.29) is 68.0 Å². The molecule has 23 heteroatoms. The maximum Gasteiger partial charge on any atom is 0.407 e. The van der Waals surface area contributed by atoms with Crippen LogP contribution in [0.15, 0.2) is 36.0 Å². The van der Waals surface area contributed by atoms with Gasteiger partial charge < -0.3 is 46.3 Å². The normalized spacial score (nSPS) is 29.6. The molecule has 0 radical (unpaired) electrons. The van der Waals surface area contributed by atoms with E-state index in [9.17, 15) is 57.8 Å². The number of alkyl halides is 1. The number of carbonyl (C=O) groups excluding carboxylic acids is 10. The third-order valence-corrected chi connectivity index (χ3v) is 16.1. The smallest absolute Gasteiger partial charge is 0.407 e. The van der Waals surface area contributed by atoms with Gasteiger partial charge in [0.15, 0.2) is 18.0 Å². The number of carboxylic acids is 1. The number of amides is 7. The molecule has 7 N–H and O–H groups in total. The lowest BCUT2D eigenvalue weighted by Crippen LogP contribution is -2.69. The van der Waals surface area contributed by atoms with E-state index in [4.69, 9.17) is 26.2 Å². The minimum atomic E-state index is -1.74. The zero-order valence-electron chi connectivity index (χ0n) is 39.2. The van der Waals surface area contributed by atoms with Crippen molar-refractivity contribution in [1.82, 2.24) is 31.5 Å². The molecule has 0 unspecified atom stereocenters. The van der Waals surface area contributed by atoms with Crippen molar-refractivity contribution >= 4 is 88.4 Å². The Morgan fingerprint density at radius 1 is 0.942 bits per heavy atom. The van der Waals surface area contributed by atoms with Gasteiger partial charge in [-0.3, -0.25) is 52.8 Å². The van der Waals surface area contributed by atoms with Crippen LogP contribution in [0.4, 0.5) is 4.79 Å². The minimum absolute atomic E-state index is 0.0103. The first-order valence-corrected chi connectivity index (χ1v) is 24.4. The van der Waals surface area contributed by atoms with Crippen molar-refractivity contribution in [3.05, 3.63) is 36.0 Å². The summed E-state index contributed by atoms with van der Waals surface area (Å²) in [5.41, 5.74) is -2.82. The van der Waals surface area contributed by atoms with E-state index >= 15 is 0 Å². The fraction of sp³-hybridized carbons (Fsp3) is 0.630. The highest BCUT2D eigenvalue weighted by Crippen LogP contribution is 2.72. The summed E-state index contributed by atoms with van der Waals surface area (Å²) in [5, 5.41) is 33.3. The van der Waals surface area contributed by atoms with Crippen molar-refractivity contribution in [2.24, 2.45) is 28.6 Å². The maximum atomic E-state index is 14.4. The van der Waals surface area contributed by atoms with Crippen LogP contribution < -0.4 is 26.6 Å². The van der Waals surface area contributed by atoms with Crippen LogP contribution in [0.5, 0.6) is 0 Å². The Balaban J connectivity index is 1.04. The highest BCUT2D eigenvalue weighted by molar-refractivity contribution is 7.99. The Bertz CT molecular complexity index is 2200. The van der Waals surface area contributed by atoms with Gasteiger partial charge in [0.05, 0.1) is 23.4 Å². The molecule has 5 rings (SSSR count). The van der Waals surface area contributed by atoms with Crippen molar-refractivity contribution in [2.45, 2.75) is 115 Å². The van der Waals surface area contributed by atoms with Crippen LogP contribution >= 0.6 is 23.4 Å². The van der Waals surface area contributed by atoms with E-state index in [1.54, 1.807) is 19.1 Å². The van der Waals surface area contributed by atoms with E-state index in [0.29, 0.717) is 19.3 Å². The van der Waals surface area contributed by atoms with Gasteiger partial charge in [-0.1, -0.05) is 39.3 Å². The molecule has 1 aliphatic heterocycles. The highest BCUT2D eigenvalue weighted by Gasteiger charge is 2.76. The molecule has 0 aromatic rings. The Kier molecular flexibility index (Phi) is 17.7. The molecular formula is C46H61ClN6O15S. The molecule has 0 aromatic carbocycles. The number of thioether (sulfide) groups is 1. The lowest BCUT2D eigenvalue weighted by molar-refractivity contribution is -0.202. The van der Waals surface area contributed by atoms with E-state index in [1.165, 1.54) is 24.8 Å². The minimum Gasteiger partial charge on any atom is -0.481 e. The average Bonchev–Trinajstić information content (AvgIpc) is 3.73. The molecule has 7 amide bonds. The topological polar surface area (TPSA) is 310 Å². The quantitative estimate of drug-likeness (QED) is 0.0261. The lowest BCUT2D eigenvalue weighted by Gasteiger charge is -2.64. The third kappa shape index (κ3) is 11.4. The standard InChI is InChI=1S/C46H61ClN6O15S/c1-6-39(63)68-46(25(2)19-30-29-8-7-27-20-28(54)13-15-43(27,4)45(29,47)32(55)21-44(30,46)5)33(56)23-67-42(66)48-16-18-69-24-50-35(58)22-49-40(64)26(3)51-41(65)31(9-12-38(61)62)52-34(57)14-17-53-36(59)10-11-37(53)60/h10-11,13,15,20,25-26,29-32,55H,6-9,12,14,16-19,21-24H2,1-5H3,(H,48,66)(H,49,64)(H,50,58)(H,51,65)(H,52,57)(H,61,62)/t25-,26+,29+,30+,31+,32+,43+,44+,45+,46+/m1/s1. The molecule has 4 aliphatic carbocycles. The lowest BCUT2D eigenvalue weighted by atomic mass is 9.45. The van der Waals surface area contributed by atoms with Gasteiger partial charge in [-0.05, 0) is 63.0 Å². The number of aliphatic carboxylic acids is 1. The Hall–Kier alpha value is -5.61. The first-order valence-electron chi connectivity index (χ1n) is 22.9. The van der Waals surface area contributed by atoms with Crippen LogP contribution in [0.3, 0.4) is 0 Å². The zero-order chi connectivity index (χ0) is 51.1. The summed E-state index contributed by atoms with van der Waals surface area (Å²) in [5.74, 6) is -7.56. The van der Waals surface area contributed by atoms with E-state index in [1.807, 2.05) is 20.8 Å². The number of hydrogen-bond donors (Lipinski definition) is 7. The Labute approximate surface area is 408 Å². The van der Waals surface area contributed by atoms with Gasteiger partial charge in [-0.2, -0.15) is 0 Å². The van der Waals surface area contributed by atoms with Gasteiger partial charge in [0.25, 0.3) is 11.8 Å². The van der Waals surface area contributed by atoms with Gasteiger partial charge >= 0.3 is 18.0 Å². The van der Waals surface area contributed by atoms with Crippen molar-refractivity contribution in [2.75, 3.05) is 37.9 Å². The molecule has 0 spiro atoms. The van der Waals surface area contributed by atoms with E-state index in [2.05, 4.69) is 26.6 Å². The molecule has 378 valence electrons. The Morgan fingerprint density at radius 2 is 1.64 bits per heavy atom. The van der Waals surface area contributed by atoms with Gasteiger partial charge in [0.2, 0.25) is 29.4 Å². The number of aliphatic hydroxyl groups excluding tert-OH is 1. The number of hydrogen-bond acceptors (Lipinski definition) is 15. The predicted octanol–water partition coefficient (Wildman–Crippen LogP) is 0.952. The number of carboxylic acid groups (broad SMARTS) is 1. The van der Waals surface area contributed by atoms with Crippen LogP contribution in [0, 0.1) is 28.6 Å². The van der Waals surface area contributed by atoms with Gasteiger partial charge in [-0.15, -0.1) is 23.4 Å². The summed E-state index contributed by atoms with van der Waals surface area (Å²) < 4.78 is 11.5. The largest absolute Gasteiger partial charge is 0.481 e. The van der Waals surface area contributed by atoms with Crippen molar-refractivity contribution < 1.29 is 72.4 Å². The summed E-state index contributed by atoms with van der Waals surface area (Å²) in [7, 11) is 0. The number of aliphatic hydroxyl groups is 1. The number of imide groups is 1. The van der Waals surface area contributed by atoms with Crippen molar-refractivity contribution in [3.63, 3.8) is 0 Å². The zero-order valence-corrected chi connectivity index (χ0v) is 40.8. The van der Waals surface area contributed by atoms with Gasteiger partial charge in [0, 0.05) is 67.0 Å². The molecule has 69 heavy (non-hydrogen) atoms. The molecule has 5 aliphatic rings. The summed E-state index contributed by atoms with van der Waals surface area (Å²) in [6.07, 6.45) is 5.22. The fourth-order valence-electron chi connectivity index (χ4n) is 10.8. The summed E-state index contributed by atoms with van der Waals surface area (Å²) >= 11 is 8.78. The molecular weight excluding hydrogens is 944 g/mol. The molecule has 0 bridgehead atoms. The molecule has 10 atom stereocenters. The summed E-state index contributed by atoms with van der Waals surface area (Å²) in [6.45, 7) is 7.10. The number of alkyl carbamates (subject to hydrolysis) is 1.